The molecule has 0 amide bonds. The van der Waals surface area contributed by atoms with Crippen molar-refractivity contribution >= 4 is 15.8 Å². The zero-order valence-corrected chi connectivity index (χ0v) is 20.7. The fraction of sp³-hybridized carbons (Fsp3) is 0.269. The zero-order chi connectivity index (χ0) is 26.2. The van der Waals surface area contributed by atoms with E-state index in [1.807, 2.05) is 0 Å². The van der Waals surface area contributed by atoms with Gasteiger partial charge in [-0.05, 0) is 67.1 Å². The Morgan fingerprint density at radius 3 is 2.06 bits per heavy atom. The summed E-state index contributed by atoms with van der Waals surface area (Å²) in [5.74, 6) is -2.48. The van der Waals surface area contributed by atoms with Crippen molar-refractivity contribution in [3.8, 4) is 22.6 Å². The molecule has 0 saturated heterocycles. The van der Waals surface area contributed by atoms with Crippen molar-refractivity contribution in [2.75, 3.05) is 7.11 Å². The highest BCUT2D eigenvalue weighted by Gasteiger charge is 2.47. The molecule has 3 aromatic carbocycles. The van der Waals surface area contributed by atoms with Crippen molar-refractivity contribution in [2.24, 2.45) is 5.41 Å². The summed E-state index contributed by atoms with van der Waals surface area (Å²) in [5.41, 5.74) is -2.36. The van der Waals surface area contributed by atoms with E-state index in [0.717, 1.165) is 24.3 Å². The van der Waals surface area contributed by atoms with E-state index in [2.05, 4.69) is 0 Å². The van der Waals surface area contributed by atoms with Gasteiger partial charge in [-0.1, -0.05) is 26.8 Å². The summed E-state index contributed by atoms with van der Waals surface area (Å²) in [6.45, 7) is 6.45. The Kier molecular flexibility index (Phi) is 6.95. The second kappa shape index (κ2) is 9.30. The van der Waals surface area contributed by atoms with Gasteiger partial charge in [0, 0.05) is 11.0 Å². The SMILES string of the molecule is COc1ccc(S(=O)(=O)c2ccc(-c3cc(F)ccc3OC(C)(C(=O)O)C(C)(C)C)cc2F)cc1. The van der Waals surface area contributed by atoms with E-state index in [0.29, 0.717) is 5.75 Å². The molecular weight excluding hydrogens is 478 g/mol. The summed E-state index contributed by atoms with van der Waals surface area (Å²) >= 11 is 0. The maximum atomic E-state index is 15.1. The van der Waals surface area contributed by atoms with Crippen LogP contribution in [0.2, 0.25) is 0 Å². The van der Waals surface area contributed by atoms with Gasteiger partial charge in [0.25, 0.3) is 0 Å². The number of rotatable bonds is 7. The highest BCUT2D eigenvalue weighted by atomic mass is 32.2. The van der Waals surface area contributed by atoms with E-state index in [9.17, 15) is 22.7 Å². The number of carboxylic acids is 1. The van der Waals surface area contributed by atoms with Crippen LogP contribution in [0.1, 0.15) is 27.7 Å². The predicted molar refractivity (Wildman–Crippen MR) is 126 cm³/mol. The molecule has 9 heteroatoms. The second-order valence-corrected chi connectivity index (χ2v) is 11.1. The van der Waals surface area contributed by atoms with Gasteiger partial charge in [-0.2, -0.15) is 0 Å². The fourth-order valence-electron chi connectivity index (χ4n) is 3.32. The van der Waals surface area contributed by atoms with Crippen LogP contribution in [0, 0.1) is 17.0 Å². The van der Waals surface area contributed by atoms with Crippen LogP contribution in [0.15, 0.2) is 70.5 Å². The number of carboxylic acid groups (broad SMARTS) is 1. The van der Waals surface area contributed by atoms with Crippen LogP contribution >= 0.6 is 0 Å². The number of hydrogen-bond acceptors (Lipinski definition) is 5. The van der Waals surface area contributed by atoms with Crippen LogP contribution in [0.25, 0.3) is 11.1 Å². The quantitative estimate of drug-likeness (QED) is 0.441. The largest absolute Gasteiger partial charge is 0.497 e. The van der Waals surface area contributed by atoms with Crippen LogP contribution in [-0.2, 0) is 14.6 Å². The standard InChI is InChI=1S/C26H26F2O6S/c1-25(2,3)26(4,24(29)30)34-22-12-7-17(27)15-20(22)16-6-13-23(21(28)14-16)35(31,32)19-10-8-18(33-5)9-11-19/h6-15H,1-5H3,(H,29,30). The first-order valence-corrected chi connectivity index (χ1v) is 12.1. The molecule has 0 fully saturated rings. The third-order valence-electron chi connectivity index (χ3n) is 6.00. The van der Waals surface area contributed by atoms with Crippen molar-refractivity contribution in [1.82, 2.24) is 0 Å². The summed E-state index contributed by atoms with van der Waals surface area (Å²) in [4.78, 5) is 11.4. The first-order chi connectivity index (χ1) is 16.2. The molecule has 0 aliphatic rings. The lowest BCUT2D eigenvalue weighted by Crippen LogP contribution is -2.52. The Morgan fingerprint density at radius 1 is 0.914 bits per heavy atom. The van der Waals surface area contributed by atoms with Crippen molar-refractivity contribution in [1.29, 1.82) is 0 Å². The zero-order valence-electron chi connectivity index (χ0n) is 19.9. The molecule has 186 valence electrons. The number of ether oxygens (including phenoxy) is 2. The second-order valence-electron chi connectivity index (χ2n) is 9.16. The molecule has 0 spiro atoms. The minimum Gasteiger partial charge on any atom is -0.497 e. The molecule has 0 heterocycles. The van der Waals surface area contributed by atoms with Gasteiger partial charge in [0.1, 0.15) is 28.0 Å². The highest BCUT2D eigenvalue weighted by Crippen LogP contribution is 2.40. The van der Waals surface area contributed by atoms with E-state index in [1.54, 1.807) is 20.8 Å². The molecule has 0 aliphatic heterocycles. The van der Waals surface area contributed by atoms with Gasteiger partial charge in [-0.3, -0.25) is 0 Å². The Morgan fingerprint density at radius 2 is 1.54 bits per heavy atom. The molecule has 0 radical (unpaired) electrons. The number of benzene rings is 3. The minimum atomic E-state index is -4.18. The number of methoxy groups -OCH3 is 1. The molecule has 0 aromatic heterocycles. The Hall–Kier alpha value is -3.46. The number of halogens is 2. The molecule has 3 rings (SSSR count). The Balaban J connectivity index is 2.08. The van der Waals surface area contributed by atoms with Crippen LogP contribution in [0.5, 0.6) is 11.5 Å². The molecule has 3 aromatic rings. The summed E-state index contributed by atoms with van der Waals surface area (Å²) in [7, 11) is -2.75. The van der Waals surface area contributed by atoms with Gasteiger partial charge in [-0.15, -0.1) is 0 Å². The van der Waals surface area contributed by atoms with Gasteiger partial charge in [0.05, 0.1) is 12.0 Å². The van der Waals surface area contributed by atoms with E-state index < -0.39 is 43.4 Å². The number of carbonyl (C=O) groups is 1. The molecule has 0 saturated carbocycles. The maximum absolute atomic E-state index is 15.1. The Bertz CT molecular complexity index is 1360. The first kappa shape index (κ1) is 26.2. The van der Waals surface area contributed by atoms with E-state index in [4.69, 9.17) is 9.47 Å². The summed E-state index contributed by atoms with van der Waals surface area (Å²) in [5, 5.41) is 9.82. The van der Waals surface area contributed by atoms with Crippen molar-refractivity contribution in [3.05, 3.63) is 72.3 Å². The average Bonchev–Trinajstić information content (AvgIpc) is 2.79. The molecular formula is C26H26F2O6S. The average molecular weight is 505 g/mol. The summed E-state index contributed by atoms with van der Waals surface area (Å²) < 4.78 is 66.1. The molecule has 1 N–H and O–H groups in total. The molecule has 35 heavy (non-hydrogen) atoms. The molecule has 1 atom stereocenters. The third-order valence-corrected chi connectivity index (χ3v) is 7.80. The lowest BCUT2D eigenvalue weighted by Gasteiger charge is -2.38. The number of aliphatic carboxylic acids is 1. The summed E-state index contributed by atoms with van der Waals surface area (Å²) in [6, 6.07) is 12.3. The van der Waals surface area contributed by atoms with Crippen molar-refractivity contribution < 1.29 is 36.6 Å². The monoisotopic (exact) mass is 504 g/mol. The normalized spacial score (nSPS) is 13.7. The number of sulfone groups is 1. The van der Waals surface area contributed by atoms with Gasteiger partial charge in [-0.25, -0.2) is 22.0 Å². The molecule has 6 nitrogen and oxygen atoms in total. The minimum absolute atomic E-state index is 0.0105. The lowest BCUT2D eigenvalue weighted by atomic mass is 9.77. The third kappa shape index (κ3) is 5.00. The Labute approximate surface area is 203 Å². The molecule has 0 aliphatic carbocycles. The van der Waals surface area contributed by atoms with Crippen LogP contribution in [0.4, 0.5) is 8.78 Å². The van der Waals surface area contributed by atoms with E-state index >= 15 is 4.39 Å². The van der Waals surface area contributed by atoms with Crippen LogP contribution in [-0.4, -0.2) is 32.2 Å². The molecule has 1 unspecified atom stereocenters. The van der Waals surface area contributed by atoms with Gasteiger partial charge < -0.3 is 14.6 Å². The van der Waals surface area contributed by atoms with Gasteiger partial charge in [0.15, 0.2) is 0 Å². The number of hydrogen-bond donors (Lipinski definition) is 1. The first-order valence-electron chi connectivity index (χ1n) is 10.6. The fourth-order valence-corrected chi connectivity index (χ4v) is 4.63. The summed E-state index contributed by atoms with van der Waals surface area (Å²) in [6.07, 6.45) is 0. The van der Waals surface area contributed by atoms with Crippen LogP contribution < -0.4 is 9.47 Å². The highest BCUT2D eigenvalue weighted by molar-refractivity contribution is 7.91. The smallest absolute Gasteiger partial charge is 0.348 e. The maximum Gasteiger partial charge on any atom is 0.348 e. The van der Waals surface area contributed by atoms with Crippen molar-refractivity contribution in [3.63, 3.8) is 0 Å². The van der Waals surface area contributed by atoms with Gasteiger partial charge in [0.2, 0.25) is 15.4 Å². The predicted octanol–water partition coefficient (Wildman–Crippen LogP) is 5.74. The van der Waals surface area contributed by atoms with E-state index in [-0.39, 0.29) is 21.8 Å². The van der Waals surface area contributed by atoms with Crippen LogP contribution in [0.3, 0.4) is 0 Å². The molecule has 0 bridgehead atoms. The van der Waals surface area contributed by atoms with Gasteiger partial charge >= 0.3 is 5.97 Å². The lowest BCUT2D eigenvalue weighted by molar-refractivity contribution is -0.163. The van der Waals surface area contributed by atoms with Crippen molar-refractivity contribution in [2.45, 2.75) is 43.1 Å². The van der Waals surface area contributed by atoms with E-state index in [1.165, 1.54) is 50.4 Å². The topological polar surface area (TPSA) is 89.9 Å².